The summed E-state index contributed by atoms with van der Waals surface area (Å²) in [4.78, 5) is 0. The molecule has 1 unspecified atom stereocenters. The monoisotopic (exact) mass is 257 g/mol. The first-order valence-electron chi connectivity index (χ1n) is 5.72. The maximum absolute atomic E-state index is 11.9. The Labute approximate surface area is 103 Å². The van der Waals surface area contributed by atoms with Crippen molar-refractivity contribution in [1.29, 1.82) is 0 Å². The SMILES string of the molecule is CCC(CCO)NS(=O)(=O)Cc1ccccc1. The normalized spacial score (nSPS) is 13.5. The molecule has 5 heteroatoms. The molecule has 1 rings (SSSR count). The van der Waals surface area contributed by atoms with Crippen LogP contribution >= 0.6 is 0 Å². The minimum Gasteiger partial charge on any atom is -0.396 e. The number of hydrogen-bond acceptors (Lipinski definition) is 3. The van der Waals surface area contributed by atoms with Crippen LogP contribution in [-0.2, 0) is 15.8 Å². The van der Waals surface area contributed by atoms with Gasteiger partial charge in [-0.05, 0) is 18.4 Å². The van der Waals surface area contributed by atoms with E-state index < -0.39 is 10.0 Å². The molecule has 0 aromatic heterocycles. The maximum atomic E-state index is 11.9. The third kappa shape index (κ3) is 5.30. The average Bonchev–Trinajstić information content (AvgIpc) is 2.29. The van der Waals surface area contributed by atoms with Gasteiger partial charge in [0.1, 0.15) is 0 Å². The van der Waals surface area contributed by atoms with Crippen molar-refractivity contribution in [3.05, 3.63) is 35.9 Å². The second-order valence-corrected chi connectivity index (χ2v) is 5.73. The summed E-state index contributed by atoms with van der Waals surface area (Å²) in [6.07, 6.45) is 1.12. The van der Waals surface area contributed by atoms with E-state index in [1.54, 1.807) is 12.1 Å². The maximum Gasteiger partial charge on any atom is 0.216 e. The van der Waals surface area contributed by atoms with Gasteiger partial charge in [-0.25, -0.2) is 13.1 Å². The molecule has 96 valence electrons. The van der Waals surface area contributed by atoms with Crippen molar-refractivity contribution in [3.8, 4) is 0 Å². The highest BCUT2D eigenvalue weighted by atomic mass is 32.2. The highest BCUT2D eigenvalue weighted by Crippen LogP contribution is 2.06. The number of rotatable bonds is 7. The molecule has 0 fully saturated rings. The van der Waals surface area contributed by atoms with Gasteiger partial charge in [0.2, 0.25) is 10.0 Å². The summed E-state index contributed by atoms with van der Waals surface area (Å²) in [6.45, 7) is 1.89. The summed E-state index contributed by atoms with van der Waals surface area (Å²) in [7, 11) is -3.33. The lowest BCUT2D eigenvalue weighted by Crippen LogP contribution is -2.35. The summed E-state index contributed by atoms with van der Waals surface area (Å²) < 4.78 is 26.3. The molecular formula is C12H19NO3S. The lowest BCUT2D eigenvalue weighted by atomic mass is 10.2. The van der Waals surface area contributed by atoms with E-state index in [9.17, 15) is 8.42 Å². The molecule has 0 aliphatic carbocycles. The Morgan fingerprint density at radius 1 is 1.29 bits per heavy atom. The van der Waals surface area contributed by atoms with Crippen LogP contribution in [0.2, 0.25) is 0 Å². The Hall–Kier alpha value is -0.910. The van der Waals surface area contributed by atoms with Gasteiger partial charge in [-0.2, -0.15) is 0 Å². The lowest BCUT2D eigenvalue weighted by Gasteiger charge is -2.15. The van der Waals surface area contributed by atoms with Crippen LogP contribution in [-0.4, -0.2) is 26.2 Å². The molecule has 1 aromatic rings. The van der Waals surface area contributed by atoms with Crippen molar-refractivity contribution in [2.24, 2.45) is 0 Å². The zero-order valence-corrected chi connectivity index (χ0v) is 10.8. The molecule has 4 nitrogen and oxygen atoms in total. The van der Waals surface area contributed by atoms with Gasteiger partial charge in [-0.3, -0.25) is 0 Å². The molecule has 0 amide bonds. The van der Waals surface area contributed by atoms with Gasteiger partial charge >= 0.3 is 0 Å². The molecule has 0 saturated carbocycles. The number of sulfonamides is 1. The van der Waals surface area contributed by atoms with Crippen LogP contribution in [0.25, 0.3) is 0 Å². The second kappa shape index (κ2) is 6.74. The van der Waals surface area contributed by atoms with Gasteiger partial charge in [0.05, 0.1) is 5.75 Å². The zero-order chi connectivity index (χ0) is 12.7. The molecule has 0 saturated heterocycles. The van der Waals surface area contributed by atoms with Gasteiger partial charge in [0.15, 0.2) is 0 Å². The van der Waals surface area contributed by atoms with Gasteiger partial charge in [0, 0.05) is 12.6 Å². The van der Waals surface area contributed by atoms with Gasteiger partial charge in [-0.15, -0.1) is 0 Å². The summed E-state index contributed by atoms with van der Waals surface area (Å²) >= 11 is 0. The molecule has 0 aliphatic rings. The summed E-state index contributed by atoms with van der Waals surface area (Å²) in [5.74, 6) is -0.0181. The zero-order valence-electron chi connectivity index (χ0n) is 9.96. The van der Waals surface area contributed by atoms with Crippen LogP contribution in [0.15, 0.2) is 30.3 Å². The average molecular weight is 257 g/mol. The van der Waals surface area contributed by atoms with Gasteiger partial charge < -0.3 is 5.11 Å². The lowest BCUT2D eigenvalue weighted by molar-refractivity contribution is 0.270. The summed E-state index contributed by atoms with van der Waals surface area (Å²) in [5, 5.41) is 8.82. The Bertz CT molecular complexity index is 417. The minimum absolute atomic E-state index is 0.00758. The molecule has 0 heterocycles. The highest BCUT2D eigenvalue weighted by molar-refractivity contribution is 7.88. The van der Waals surface area contributed by atoms with Crippen molar-refractivity contribution in [2.75, 3.05) is 6.61 Å². The quantitative estimate of drug-likeness (QED) is 0.773. The highest BCUT2D eigenvalue weighted by Gasteiger charge is 2.16. The Kier molecular flexibility index (Phi) is 5.61. The molecule has 0 aliphatic heterocycles. The first-order valence-corrected chi connectivity index (χ1v) is 7.37. The Balaban J connectivity index is 2.63. The molecule has 0 radical (unpaired) electrons. The van der Waals surface area contributed by atoms with Crippen LogP contribution < -0.4 is 4.72 Å². The van der Waals surface area contributed by atoms with E-state index in [2.05, 4.69) is 4.72 Å². The molecule has 17 heavy (non-hydrogen) atoms. The van der Waals surface area contributed by atoms with Crippen LogP contribution in [0.1, 0.15) is 25.3 Å². The number of benzene rings is 1. The van der Waals surface area contributed by atoms with Crippen LogP contribution in [0.3, 0.4) is 0 Å². The molecule has 2 N–H and O–H groups in total. The minimum atomic E-state index is -3.33. The van der Waals surface area contributed by atoms with Crippen molar-refractivity contribution >= 4 is 10.0 Å². The van der Waals surface area contributed by atoms with Crippen molar-refractivity contribution in [2.45, 2.75) is 31.6 Å². The van der Waals surface area contributed by atoms with Crippen LogP contribution in [0, 0.1) is 0 Å². The fraction of sp³-hybridized carbons (Fsp3) is 0.500. The summed E-state index contributed by atoms with van der Waals surface area (Å²) in [5.41, 5.74) is 0.763. The van der Waals surface area contributed by atoms with E-state index >= 15 is 0 Å². The largest absolute Gasteiger partial charge is 0.396 e. The van der Waals surface area contributed by atoms with E-state index in [4.69, 9.17) is 5.11 Å². The van der Waals surface area contributed by atoms with Crippen LogP contribution in [0.5, 0.6) is 0 Å². The van der Waals surface area contributed by atoms with Crippen molar-refractivity contribution in [1.82, 2.24) is 4.72 Å². The Morgan fingerprint density at radius 2 is 1.94 bits per heavy atom. The van der Waals surface area contributed by atoms with E-state index in [1.165, 1.54) is 0 Å². The van der Waals surface area contributed by atoms with E-state index in [1.807, 2.05) is 25.1 Å². The number of nitrogens with one attached hydrogen (secondary N) is 1. The van der Waals surface area contributed by atoms with E-state index in [-0.39, 0.29) is 18.4 Å². The Morgan fingerprint density at radius 3 is 2.47 bits per heavy atom. The van der Waals surface area contributed by atoms with E-state index in [0.29, 0.717) is 12.8 Å². The summed E-state index contributed by atoms with van der Waals surface area (Å²) in [6, 6.07) is 8.86. The number of hydrogen-bond donors (Lipinski definition) is 2. The van der Waals surface area contributed by atoms with Crippen molar-refractivity contribution < 1.29 is 13.5 Å². The molecule has 1 aromatic carbocycles. The molecule has 1 atom stereocenters. The predicted molar refractivity (Wildman–Crippen MR) is 68.0 cm³/mol. The second-order valence-electron chi connectivity index (χ2n) is 3.98. The topological polar surface area (TPSA) is 66.4 Å². The fourth-order valence-corrected chi connectivity index (χ4v) is 3.10. The smallest absolute Gasteiger partial charge is 0.216 e. The van der Waals surface area contributed by atoms with E-state index in [0.717, 1.165) is 5.56 Å². The number of aliphatic hydroxyl groups is 1. The molecular weight excluding hydrogens is 238 g/mol. The molecule has 0 bridgehead atoms. The third-order valence-electron chi connectivity index (χ3n) is 2.52. The van der Waals surface area contributed by atoms with Crippen molar-refractivity contribution in [3.63, 3.8) is 0 Å². The number of aliphatic hydroxyl groups excluding tert-OH is 1. The predicted octanol–water partition coefficient (Wildman–Crippen LogP) is 1.27. The van der Waals surface area contributed by atoms with Gasteiger partial charge in [-0.1, -0.05) is 37.3 Å². The fourth-order valence-electron chi connectivity index (χ4n) is 1.59. The standard InChI is InChI=1S/C12H19NO3S/c1-2-12(8-9-14)13-17(15,16)10-11-6-4-3-5-7-11/h3-7,12-14H,2,8-10H2,1H3. The first kappa shape index (κ1) is 14.2. The molecule has 0 spiro atoms. The van der Waals surface area contributed by atoms with Gasteiger partial charge in [0.25, 0.3) is 0 Å². The third-order valence-corrected chi connectivity index (χ3v) is 3.92. The first-order chi connectivity index (χ1) is 8.07. The van der Waals surface area contributed by atoms with Crippen LogP contribution in [0.4, 0.5) is 0 Å².